The van der Waals surface area contributed by atoms with E-state index in [4.69, 9.17) is 29.8 Å². The molecule has 0 saturated heterocycles. The van der Waals surface area contributed by atoms with E-state index in [9.17, 15) is 9.59 Å². The second kappa shape index (κ2) is 25.3. The Morgan fingerprint density at radius 3 is 1.12 bits per heavy atom. The minimum atomic E-state index is -1.13. The zero-order chi connectivity index (χ0) is 24.5. The van der Waals surface area contributed by atoms with Crippen molar-refractivity contribution >= 4 is 11.9 Å². The van der Waals surface area contributed by atoms with Gasteiger partial charge in [0.25, 0.3) is 0 Å². The van der Waals surface area contributed by atoms with Gasteiger partial charge in [-0.3, -0.25) is 0 Å². The normalized spacial score (nSPS) is 9.88. The van der Waals surface area contributed by atoms with Crippen LogP contribution in [-0.2, 0) is 19.6 Å². The largest absolute Gasteiger partial charge is 0.478 e. The average molecular weight is 459 g/mol. The molecule has 8 nitrogen and oxygen atoms in total. The van der Waals surface area contributed by atoms with E-state index in [0.29, 0.717) is 0 Å². The molecule has 0 atom stereocenters. The van der Waals surface area contributed by atoms with E-state index in [0.717, 1.165) is 83.9 Å². The number of aromatic carboxylic acids is 2. The van der Waals surface area contributed by atoms with Gasteiger partial charge >= 0.3 is 11.9 Å². The van der Waals surface area contributed by atoms with Gasteiger partial charge in [-0.25, -0.2) is 29.1 Å². The number of rotatable bonds is 16. The molecule has 0 aliphatic heterocycles. The van der Waals surface area contributed by atoms with Crippen LogP contribution in [0, 0.1) is 0 Å². The zero-order valence-electron chi connectivity index (χ0n) is 20.1. The lowest BCUT2D eigenvalue weighted by Crippen LogP contribution is -2.01. The number of carboxylic acids is 2. The molecule has 2 N–H and O–H groups in total. The lowest BCUT2D eigenvalue weighted by molar-refractivity contribution is -0.295. The number of carbonyl (C=O) groups is 2. The molecule has 0 aliphatic carbocycles. The molecule has 32 heavy (non-hydrogen) atoms. The van der Waals surface area contributed by atoms with Crippen molar-refractivity contribution in [1.29, 1.82) is 0 Å². The zero-order valence-corrected chi connectivity index (χ0v) is 20.1. The van der Waals surface area contributed by atoms with E-state index in [1.807, 2.05) is 0 Å². The van der Waals surface area contributed by atoms with E-state index in [1.54, 1.807) is 0 Å². The van der Waals surface area contributed by atoms with Crippen LogP contribution < -0.4 is 0 Å². The fourth-order valence-corrected chi connectivity index (χ4v) is 1.83. The van der Waals surface area contributed by atoms with Crippen molar-refractivity contribution in [3.63, 3.8) is 0 Å². The monoisotopic (exact) mass is 458 g/mol. The van der Waals surface area contributed by atoms with Crippen LogP contribution in [0.2, 0.25) is 0 Å². The third kappa shape index (κ3) is 22.7. The molecule has 0 radical (unpaired) electrons. The van der Waals surface area contributed by atoms with Gasteiger partial charge in [0.15, 0.2) is 0 Å². The third-order valence-corrected chi connectivity index (χ3v) is 3.85. The lowest BCUT2D eigenvalue weighted by Gasteiger charge is -2.00. The Balaban J connectivity index is 0. The van der Waals surface area contributed by atoms with Gasteiger partial charge in [0.2, 0.25) is 0 Å². The molecule has 0 saturated carbocycles. The van der Waals surface area contributed by atoms with Crippen molar-refractivity contribution in [1.82, 2.24) is 0 Å². The maximum Gasteiger partial charge on any atom is 0.335 e. The highest BCUT2D eigenvalue weighted by atomic mass is 17.2. The van der Waals surface area contributed by atoms with Gasteiger partial charge in [0, 0.05) is 0 Å². The first-order valence-corrected chi connectivity index (χ1v) is 11.5. The molecule has 0 fully saturated rings. The molecule has 0 aliphatic rings. The molecule has 1 aromatic carbocycles. The van der Waals surface area contributed by atoms with Gasteiger partial charge in [-0.15, -0.1) is 0 Å². The van der Waals surface area contributed by atoms with Crippen LogP contribution in [0.3, 0.4) is 0 Å². The molecule has 1 rings (SSSR count). The van der Waals surface area contributed by atoms with Crippen LogP contribution in [-0.4, -0.2) is 48.6 Å². The van der Waals surface area contributed by atoms with Crippen LogP contribution in [0.5, 0.6) is 0 Å². The molecular formula is C24H42O8. The highest BCUT2D eigenvalue weighted by Crippen LogP contribution is 2.04. The van der Waals surface area contributed by atoms with Crippen molar-refractivity contribution in [3.05, 3.63) is 35.4 Å². The summed E-state index contributed by atoms with van der Waals surface area (Å²) >= 11 is 0. The predicted octanol–water partition coefficient (Wildman–Crippen LogP) is 6.15. The lowest BCUT2D eigenvalue weighted by atomic mass is 10.1. The molecule has 0 amide bonds. The summed E-state index contributed by atoms with van der Waals surface area (Å²) in [6.07, 6.45) is 9.01. The second-order valence-corrected chi connectivity index (χ2v) is 6.89. The summed E-state index contributed by atoms with van der Waals surface area (Å²) in [7, 11) is 0. The van der Waals surface area contributed by atoms with E-state index in [2.05, 4.69) is 27.7 Å². The molecule has 1 aromatic rings. The summed E-state index contributed by atoms with van der Waals surface area (Å²) in [5, 5.41) is 17.0. The van der Waals surface area contributed by atoms with Crippen molar-refractivity contribution in [3.8, 4) is 0 Å². The number of unbranched alkanes of at least 4 members (excludes halogenated alkanes) is 4. The molecule has 186 valence electrons. The highest BCUT2D eigenvalue weighted by Gasteiger charge is 2.06. The van der Waals surface area contributed by atoms with Gasteiger partial charge in [-0.2, -0.15) is 0 Å². The standard InChI is InChI=1S/C8H6O4.2C8H18O2/c9-7(10)5-2-1-3-6(4-5)8(11)12;2*1-3-5-7-9-10-8-6-4-2/h1-4H,(H,9,10)(H,11,12);2*3-8H2,1-2H3. The average Bonchev–Trinajstić information content (AvgIpc) is 2.79. The summed E-state index contributed by atoms with van der Waals surface area (Å²) in [4.78, 5) is 40.3. The molecule has 0 heterocycles. The summed E-state index contributed by atoms with van der Waals surface area (Å²) in [6, 6.07) is 5.20. The molecule has 8 heteroatoms. The van der Waals surface area contributed by atoms with Crippen molar-refractivity contribution < 1.29 is 39.4 Å². The molecule has 0 aromatic heterocycles. The maximum absolute atomic E-state index is 10.4. The Kier molecular flexibility index (Phi) is 25.4. The third-order valence-electron chi connectivity index (χ3n) is 3.85. The SMILES string of the molecule is CCCCOOCCCC.CCCCOOCCCC.O=C(O)c1cccc(C(=O)O)c1. The van der Waals surface area contributed by atoms with Gasteiger partial charge < -0.3 is 10.2 Å². The molecule has 0 unspecified atom stereocenters. The van der Waals surface area contributed by atoms with Crippen LogP contribution in [0.25, 0.3) is 0 Å². The summed E-state index contributed by atoms with van der Waals surface area (Å²) in [5.41, 5.74) is -0.0372. The quantitative estimate of drug-likeness (QED) is 0.172. The summed E-state index contributed by atoms with van der Waals surface area (Å²) in [6.45, 7) is 11.5. The Morgan fingerprint density at radius 1 is 0.625 bits per heavy atom. The second-order valence-electron chi connectivity index (χ2n) is 6.89. The van der Waals surface area contributed by atoms with E-state index in [1.165, 1.54) is 18.2 Å². The first-order valence-electron chi connectivity index (χ1n) is 11.5. The van der Waals surface area contributed by atoms with Gasteiger partial charge in [0.1, 0.15) is 0 Å². The smallest absolute Gasteiger partial charge is 0.335 e. The number of carboxylic acid groups (broad SMARTS) is 2. The number of benzene rings is 1. The fourth-order valence-electron chi connectivity index (χ4n) is 1.83. The van der Waals surface area contributed by atoms with Gasteiger partial charge in [-0.05, 0) is 43.9 Å². The first-order chi connectivity index (χ1) is 15.4. The maximum atomic E-state index is 10.4. The van der Waals surface area contributed by atoms with Crippen molar-refractivity contribution in [2.24, 2.45) is 0 Å². The fraction of sp³-hybridized carbons (Fsp3) is 0.667. The highest BCUT2D eigenvalue weighted by molar-refractivity contribution is 5.93. The van der Waals surface area contributed by atoms with Crippen LogP contribution in [0.15, 0.2) is 24.3 Å². The Labute approximate surface area is 192 Å². The minimum Gasteiger partial charge on any atom is -0.478 e. The van der Waals surface area contributed by atoms with Crippen molar-refractivity contribution in [2.75, 3.05) is 26.4 Å². The van der Waals surface area contributed by atoms with Gasteiger partial charge in [0.05, 0.1) is 37.6 Å². The van der Waals surface area contributed by atoms with E-state index >= 15 is 0 Å². The Bertz CT molecular complexity index is 501. The predicted molar refractivity (Wildman–Crippen MR) is 124 cm³/mol. The van der Waals surface area contributed by atoms with E-state index in [-0.39, 0.29) is 11.1 Å². The van der Waals surface area contributed by atoms with Crippen molar-refractivity contribution in [2.45, 2.75) is 79.1 Å². The number of hydrogen-bond acceptors (Lipinski definition) is 6. The topological polar surface area (TPSA) is 112 Å². The Morgan fingerprint density at radius 2 is 0.906 bits per heavy atom. The molecule has 0 spiro atoms. The van der Waals surface area contributed by atoms with Crippen LogP contribution in [0.1, 0.15) is 99.8 Å². The molecule has 0 bridgehead atoms. The summed E-state index contributed by atoms with van der Waals surface area (Å²) in [5.74, 6) is -2.25. The first kappa shape index (κ1) is 32.2. The van der Waals surface area contributed by atoms with E-state index < -0.39 is 11.9 Å². The van der Waals surface area contributed by atoms with Gasteiger partial charge in [-0.1, -0.05) is 59.4 Å². The minimum absolute atomic E-state index is 0.0186. The number of hydrogen-bond donors (Lipinski definition) is 2. The summed E-state index contributed by atoms with van der Waals surface area (Å²) < 4.78 is 0. The van der Waals surface area contributed by atoms with Crippen LogP contribution >= 0.6 is 0 Å². The van der Waals surface area contributed by atoms with Crippen LogP contribution in [0.4, 0.5) is 0 Å². The molecular weight excluding hydrogens is 416 g/mol. The Hall–Kier alpha value is -2.00.